The van der Waals surface area contributed by atoms with E-state index in [0.717, 1.165) is 0 Å². The summed E-state index contributed by atoms with van der Waals surface area (Å²) in [5.74, 6) is -0.933. The number of ether oxygens (including phenoxy) is 2. The molecule has 1 fully saturated rings. The summed E-state index contributed by atoms with van der Waals surface area (Å²) in [4.78, 5) is 39.3. The molecule has 0 spiro atoms. The zero-order valence-electron chi connectivity index (χ0n) is 20.1. The van der Waals surface area contributed by atoms with Crippen molar-refractivity contribution in [2.75, 3.05) is 23.9 Å². The Morgan fingerprint density at radius 3 is 2.31 bits per heavy atom. The van der Waals surface area contributed by atoms with Crippen LogP contribution in [0, 0.1) is 0 Å². The van der Waals surface area contributed by atoms with Crippen molar-refractivity contribution in [3.05, 3.63) is 89.5 Å². The predicted molar refractivity (Wildman–Crippen MR) is 136 cm³/mol. The number of hydrogen-bond acceptors (Lipinski definition) is 6. The number of hydrogen-bond donors (Lipinski definition) is 2. The lowest BCUT2D eigenvalue weighted by molar-refractivity contribution is -0.132. The minimum atomic E-state index is -0.904. The van der Waals surface area contributed by atoms with Gasteiger partial charge in [-0.1, -0.05) is 12.1 Å². The van der Waals surface area contributed by atoms with Gasteiger partial charge in [0.15, 0.2) is 0 Å². The molecule has 1 saturated heterocycles. The number of methoxy groups -OCH3 is 1. The van der Waals surface area contributed by atoms with Gasteiger partial charge in [-0.3, -0.25) is 19.3 Å². The largest absolute Gasteiger partial charge is 0.507 e. The molecule has 8 heteroatoms. The molecule has 1 heterocycles. The number of rotatable bonds is 7. The van der Waals surface area contributed by atoms with Crippen LogP contribution in [0.4, 0.5) is 11.4 Å². The Morgan fingerprint density at radius 2 is 1.69 bits per heavy atom. The van der Waals surface area contributed by atoms with Crippen LogP contribution in [0.25, 0.3) is 5.76 Å². The third-order valence-electron chi connectivity index (χ3n) is 5.76. The molecule has 0 saturated carbocycles. The Hall–Kier alpha value is -4.59. The molecule has 4 rings (SSSR count). The Morgan fingerprint density at radius 1 is 1.00 bits per heavy atom. The molecule has 1 unspecified atom stereocenters. The molecule has 8 nitrogen and oxygen atoms in total. The minimum Gasteiger partial charge on any atom is -0.507 e. The van der Waals surface area contributed by atoms with Gasteiger partial charge in [0.2, 0.25) is 5.91 Å². The quantitative estimate of drug-likeness (QED) is 0.285. The van der Waals surface area contributed by atoms with E-state index < -0.39 is 17.7 Å². The van der Waals surface area contributed by atoms with Gasteiger partial charge in [0.1, 0.15) is 17.3 Å². The highest BCUT2D eigenvalue weighted by Gasteiger charge is 2.47. The van der Waals surface area contributed by atoms with Crippen LogP contribution in [0.15, 0.2) is 78.4 Å². The molecule has 1 aliphatic rings. The molecule has 2 N–H and O–H groups in total. The van der Waals surface area contributed by atoms with Crippen LogP contribution in [-0.4, -0.2) is 36.4 Å². The van der Waals surface area contributed by atoms with Crippen LogP contribution in [0.3, 0.4) is 0 Å². The predicted octanol–water partition coefficient (Wildman–Crippen LogP) is 4.68. The number of Topliss-reactive ketones (excluding diaryl/α,β-unsaturated/α-hetero) is 1. The normalized spacial score (nSPS) is 16.6. The molecule has 3 aromatic carbocycles. The molecule has 184 valence electrons. The van der Waals surface area contributed by atoms with Gasteiger partial charge in [0.25, 0.3) is 11.7 Å². The van der Waals surface area contributed by atoms with Crippen molar-refractivity contribution in [1.82, 2.24) is 0 Å². The lowest BCUT2D eigenvalue weighted by Crippen LogP contribution is -2.29. The van der Waals surface area contributed by atoms with E-state index in [1.807, 2.05) is 6.92 Å². The first-order chi connectivity index (χ1) is 17.3. The van der Waals surface area contributed by atoms with E-state index in [-0.39, 0.29) is 17.2 Å². The molecule has 0 aliphatic carbocycles. The molecule has 36 heavy (non-hydrogen) atoms. The number of anilines is 2. The maximum atomic E-state index is 13.3. The first-order valence-corrected chi connectivity index (χ1v) is 11.4. The summed E-state index contributed by atoms with van der Waals surface area (Å²) in [6.07, 6.45) is 0. The summed E-state index contributed by atoms with van der Waals surface area (Å²) < 4.78 is 10.8. The van der Waals surface area contributed by atoms with Crippen LogP contribution < -0.4 is 19.7 Å². The summed E-state index contributed by atoms with van der Waals surface area (Å²) in [6, 6.07) is 19.3. The first kappa shape index (κ1) is 24.5. The molecular weight excluding hydrogens is 460 g/mol. The molecule has 1 aliphatic heterocycles. The number of carbonyl (C=O) groups is 3. The second kappa shape index (κ2) is 10.4. The highest BCUT2D eigenvalue weighted by atomic mass is 16.5. The van der Waals surface area contributed by atoms with Gasteiger partial charge >= 0.3 is 0 Å². The molecule has 1 atom stereocenters. The van der Waals surface area contributed by atoms with Crippen LogP contribution in [-0.2, 0) is 14.4 Å². The summed E-state index contributed by atoms with van der Waals surface area (Å²) >= 11 is 0. The third kappa shape index (κ3) is 4.79. The lowest BCUT2D eigenvalue weighted by Gasteiger charge is -2.26. The van der Waals surface area contributed by atoms with E-state index in [0.29, 0.717) is 40.6 Å². The average molecular weight is 487 g/mol. The zero-order valence-corrected chi connectivity index (χ0v) is 20.1. The summed E-state index contributed by atoms with van der Waals surface area (Å²) in [7, 11) is 1.52. The van der Waals surface area contributed by atoms with Crippen molar-refractivity contribution >= 4 is 34.7 Å². The maximum Gasteiger partial charge on any atom is 0.300 e. The number of nitrogens with zero attached hydrogens (tertiary/aromatic N) is 1. The number of nitrogens with one attached hydrogen (secondary N) is 1. The highest BCUT2D eigenvalue weighted by Crippen LogP contribution is 2.43. The number of amides is 2. The van der Waals surface area contributed by atoms with Crippen molar-refractivity contribution < 1.29 is 29.0 Å². The standard InChI is InChI=1S/C28H26N2O6/c1-4-36-22-14-8-18(9-15-22)26(32)24-25(19-6-5-7-23(16-19)35-3)30(28(34)27(24)33)21-12-10-20(11-13-21)29-17(2)31/h5-16,25,32H,4H2,1-3H3,(H,29,31)/b26-24-. The molecule has 2 amide bonds. The highest BCUT2D eigenvalue weighted by molar-refractivity contribution is 6.51. The van der Waals surface area contributed by atoms with E-state index in [4.69, 9.17) is 9.47 Å². The Balaban J connectivity index is 1.85. The third-order valence-corrected chi connectivity index (χ3v) is 5.76. The van der Waals surface area contributed by atoms with Crippen molar-refractivity contribution in [2.45, 2.75) is 19.9 Å². The molecule has 3 aromatic rings. The van der Waals surface area contributed by atoms with Gasteiger partial charge in [0.05, 0.1) is 25.3 Å². The van der Waals surface area contributed by atoms with Crippen molar-refractivity contribution in [3.8, 4) is 11.5 Å². The van der Waals surface area contributed by atoms with Crippen LogP contribution >= 0.6 is 0 Å². The molecular formula is C28H26N2O6. The Labute approximate surface area is 208 Å². The van der Waals surface area contributed by atoms with Crippen LogP contribution in [0.1, 0.15) is 31.0 Å². The number of aliphatic hydroxyl groups is 1. The van der Waals surface area contributed by atoms with Crippen LogP contribution in [0.2, 0.25) is 0 Å². The molecule has 0 aromatic heterocycles. The summed E-state index contributed by atoms with van der Waals surface area (Å²) in [5.41, 5.74) is 1.92. The monoisotopic (exact) mass is 486 g/mol. The number of carbonyl (C=O) groups excluding carboxylic acids is 3. The second-order valence-electron chi connectivity index (χ2n) is 8.13. The Kier molecular flexibility index (Phi) is 7.05. The fourth-order valence-corrected chi connectivity index (χ4v) is 4.17. The lowest BCUT2D eigenvalue weighted by atomic mass is 9.95. The first-order valence-electron chi connectivity index (χ1n) is 11.4. The zero-order chi connectivity index (χ0) is 25.8. The number of benzene rings is 3. The van der Waals surface area contributed by atoms with Gasteiger partial charge < -0.3 is 19.9 Å². The van der Waals surface area contributed by atoms with E-state index in [1.165, 1.54) is 18.9 Å². The van der Waals surface area contributed by atoms with Crippen molar-refractivity contribution in [1.29, 1.82) is 0 Å². The fraction of sp³-hybridized carbons (Fsp3) is 0.179. The van der Waals surface area contributed by atoms with Gasteiger partial charge in [-0.25, -0.2) is 0 Å². The van der Waals surface area contributed by atoms with Crippen molar-refractivity contribution in [3.63, 3.8) is 0 Å². The van der Waals surface area contributed by atoms with E-state index >= 15 is 0 Å². The Bertz CT molecular complexity index is 1330. The van der Waals surface area contributed by atoms with Gasteiger partial charge in [-0.05, 0) is 73.2 Å². The van der Waals surface area contributed by atoms with E-state index in [9.17, 15) is 19.5 Å². The van der Waals surface area contributed by atoms with Gasteiger partial charge in [-0.2, -0.15) is 0 Å². The summed E-state index contributed by atoms with van der Waals surface area (Å²) in [6.45, 7) is 3.76. The van der Waals surface area contributed by atoms with Crippen LogP contribution in [0.5, 0.6) is 11.5 Å². The smallest absolute Gasteiger partial charge is 0.300 e. The number of ketones is 1. The summed E-state index contributed by atoms with van der Waals surface area (Å²) in [5, 5.41) is 13.9. The van der Waals surface area contributed by atoms with E-state index in [1.54, 1.807) is 72.8 Å². The average Bonchev–Trinajstić information content (AvgIpc) is 3.15. The molecule has 0 radical (unpaired) electrons. The maximum absolute atomic E-state index is 13.3. The molecule has 0 bridgehead atoms. The second-order valence-corrected chi connectivity index (χ2v) is 8.13. The topological polar surface area (TPSA) is 105 Å². The minimum absolute atomic E-state index is 0.0386. The SMILES string of the molecule is CCOc1ccc(/C(O)=C2/C(=O)C(=O)N(c3ccc(NC(C)=O)cc3)C2c2cccc(OC)c2)cc1. The van der Waals surface area contributed by atoms with Crippen molar-refractivity contribution in [2.24, 2.45) is 0 Å². The van der Waals surface area contributed by atoms with Gasteiger partial charge in [-0.15, -0.1) is 0 Å². The fourth-order valence-electron chi connectivity index (χ4n) is 4.17. The van der Waals surface area contributed by atoms with Gasteiger partial charge in [0, 0.05) is 23.9 Å². The number of aliphatic hydroxyl groups excluding tert-OH is 1. The van der Waals surface area contributed by atoms with E-state index in [2.05, 4.69) is 5.32 Å².